The fraction of sp³-hybridized carbons (Fsp3) is 0.278. The summed E-state index contributed by atoms with van der Waals surface area (Å²) in [5.74, 6) is -0.768. The highest BCUT2D eigenvalue weighted by atomic mass is 35.5. The van der Waals surface area contributed by atoms with Crippen LogP contribution in [0.3, 0.4) is 0 Å². The molecule has 2 aromatic carbocycles. The summed E-state index contributed by atoms with van der Waals surface area (Å²) in [5, 5.41) is 2.08. The summed E-state index contributed by atoms with van der Waals surface area (Å²) in [6, 6.07) is 5.85. The Hall–Kier alpha value is -2.01. The highest BCUT2D eigenvalue weighted by Gasteiger charge is 2.31. The zero-order valence-corrected chi connectivity index (χ0v) is 18.0. The van der Waals surface area contributed by atoms with E-state index in [-0.39, 0.29) is 32.4 Å². The van der Waals surface area contributed by atoms with Crippen LogP contribution in [0.15, 0.2) is 41.3 Å². The minimum atomic E-state index is -4.60. The zero-order chi connectivity index (χ0) is 22.7. The molecule has 0 unspecified atom stereocenters. The van der Waals surface area contributed by atoms with Crippen molar-refractivity contribution in [1.82, 2.24) is 4.72 Å². The van der Waals surface area contributed by atoms with Gasteiger partial charge in [-0.15, -0.1) is 0 Å². The number of ether oxygens (including phenoxy) is 1. The number of benzene rings is 2. The fourth-order valence-electron chi connectivity index (χ4n) is 2.27. The molecule has 1 amide bonds. The van der Waals surface area contributed by atoms with Crippen LogP contribution < -0.4 is 14.8 Å². The number of hydrogen-bond donors (Lipinski definition) is 2. The van der Waals surface area contributed by atoms with E-state index in [4.69, 9.17) is 27.9 Å². The molecular weight excluding hydrogens is 468 g/mol. The predicted octanol–water partition coefficient (Wildman–Crippen LogP) is 4.72. The van der Waals surface area contributed by atoms with Crippen LogP contribution in [0.2, 0.25) is 10.0 Å². The first-order valence-corrected chi connectivity index (χ1v) is 10.6. The second-order valence-corrected chi connectivity index (χ2v) is 8.93. The number of carbonyl (C=O) groups excluding carboxylic acids is 1. The third kappa shape index (κ3) is 6.49. The van der Waals surface area contributed by atoms with Gasteiger partial charge in [-0.2, -0.15) is 13.2 Å². The average Bonchev–Trinajstić information content (AvgIpc) is 2.60. The van der Waals surface area contributed by atoms with Crippen LogP contribution in [0, 0.1) is 0 Å². The maximum absolute atomic E-state index is 12.8. The molecule has 164 valence electrons. The van der Waals surface area contributed by atoms with Gasteiger partial charge in [0.05, 0.1) is 26.2 Å². The topological polar surface area (TPSA) is 84.5 Å². The Morgan fingerprint density at radius 1 is 1.10 bits per heavy atom. The van der Waals surface area contributed by atoms with Crippen LogP contribution >= 0.6 is 23.2 Å². The van der Waals surface area contributed by atoms with Crippen molar-refractivity contribution in [3.63, 3.8) is 0 Å². The predicted molar refractivity (Wildman–Crippen MR) is 107 cm³/mol. The van der Waals surface area contributed by atoms with Crippen LogP contribution in [0.1, 0.15) is 19.4 Å². The standard InChI is InChI=1S/C18H17Cl2F3N2O4S/c1-10(2)25-30(27,28)12-4-6-16(14(20)8-12)29-9-17(26)24-15-7-11(18(21,22)23)3-5-13(15)19/h3-8,10,25H,9H2,1-2H3,(H,24,26). The fourth-order valence-corrected chi connectivity index (χ4v) is 4.01. The van der Waals surface area contributed by atoms with Gasteiger partial charge >= 0.3 is 6.18 Å². The van der Waals surface area contributed by atoms with E-state index in [2.05, 4.69) is 10.0 Å². The van der Waals surface area contributed by atoms with E-state index in [0.29, 0.717) is 6.07 Å². The summed E-state index contributed by atoms with van der Waals surface area (Å²) in [6.45, 7) is 2.72. The van der Waals surface area contributed by atoms with Crippen molar-refractivity contribution in [3.8, 4) is 5.75 Å². The maximum Gasteiger partial charge on any atom is 0.416 e. The van der Waals surface area contributed by atoms with Crippen molar-refractivity contribution in [3.05, 3.63) is 52.0 Å². The van der Waals surface area contributed by atoms with Crippen molar-refractivity contribution < 1.29 is 31.1 Å². The van der Waals surface area contributed by atoms with Crippen molar-refractivity contribution in [1.29, 1.82) is 0 Å². The zero-order valence-electron chi connectivity index (χ0n) is 15.7. The highest BCUT2D eigenvalue weighted by Crippen LogP contribution is 2.34. The average molecular weight is 485 g/mol. The van der Waals surface area contributed by atoms with Crippen LogP contribution in [-0.2, 0) is 21.0 Å². The van der Waals surface area contributed by atoms with Gasteiger partial charge in [-0.05, 0) is 50.2 Å². The molecule has 2 rings (SSSR count). The number of carbonyl (C=O) groups is 1. The smallest absolute Gasteiger partial charge is 0.416 e. The van der Waals surface area contributed by atoms with Crippen LogP contribution in [0.4, 0.5) is 18.9 Å². The Balaban J connectivity index is 2.07. The lowest BCUT2D eigenvalue weighted by molar-refractivity contribution is -0.137. The van der Waals surface area contributed by atoms with E-state index in [9.17, 15) is 26.4 Å². The molecule has 0 bridgehead atoms. The molecule has 0 aliphatic carbocycles. The number of alkyl halides is 3. The third-order valence-corrected chi connectivity index (χ3v) is 5.81. The van der Waals surface area contributed by atoms with Gasteiger partial charge in [-0.25, -0.2) is 13.1 Å². The Morgan fingerprint density at radius 3 is 2.33 bits per heavy atom. The molecule has 0 aromatic heterocycles. The first kappa shape index (κ1) is 24.3. The van der Waals surface area contributed by atoms with Crippen LogP contribution in [0.25, 0.3) is 0 Å². The van der Waals surface area contributed by atoms with Crippen LogP contribution in [0.5, 0.6) is 5.75 Å². The van der Waals surface area contributed by atoms with Crippen molar-refractivity contribution in [2.45, 2.75) is 31.0 Å². The lowest BCUT2D eigenvalue weighted by Crippen LogP contribution is -2.30. The van der Waals surface area contributed by atoms with Gasteiger partial charge in [-0.1, -0.05) is 23.2 Å². The minimum absolute atomic E-state index is 0.0189. The van der Waals surface area contributed by atoms with E-state index < -0.39 is 34.3 Å². The molecule has 0 saturated heterocycles. The molecule has 0 aliphatic heterocycles. The number of hydrogen-bond acceptors (Lipinski definition) is 4. The molecule has 0 aliphatic rings. The Morgan fingerprint density at radius 2 is 1.77 bits per heavy atom. The molecular formula is C18H17Cl2F3N2O4S. The van der Waals surface area contributed by atoms with Gasteiger partial charge in [0.25, 0.3) is 5.91 Å². The van der Waals surface area contributed by atoms with Gasteiger partial charge in [0.2, 0.25) is 10.0 Å². The molecule has 0 spiro atoms. The lowest BCUT2D eigenvalue weighted by Gasteiger charge is -2.13. The molecule has 2 N–H and O–H groups in total. The Kier molecular flexibility index (Phi) is 7.62. The molecule has 0 saturated carbocycles. The highest BCUT2D eigenvalue weighted by molar-refractivity contribution is 7.89. The summed E-state index contributed by atoms with van der Waals surface area (Å²) < 4.78 is 70.3. The summed E-state index contributed by atoms with van der Waals surface area (Å²) in [6.07, 6.45) is -4.60. The van der Waals surface area contributed by atoms with E-state index in [1.54, 1.807) is 13.8 Å². The van der Waals surface area contributed by atoms with Gasteiger partial charge in [0.1, 0.15) is 5.75 Å². The molecule has 6 nitrogen and oxygen atoms in total. The first-order chi connectivity index (χ1) is 13.8. The second kappa shape index (κ2) is 9.42. The van der Waals surface area contributed by atoms with Crippen molar-refractivity contribution in [2.24, 2.45) is 0 Å². The molecule has 0 fully saturated rings. The van der Waals surface area contributed by atoms with E-state index in [1.807, 2.05) is 0 Å². The minimum Gasteiger partial charge on any atom is -0.482 e. The molecule has 0 radical (unpaired) electrons. The number of rotatable bonds is 7. The maximum atomic E-state index is 12.8. The number of sulfonamides is 1. The summed E-state index contributed by atoms with van der Waals surface area (Å²) in [5.41, 5.74) is -1.20. The summed E-state index contributed by atoms with van der Waals surface area (Å²) in [7, 11) is -3.77. The molecule has 0 heterocycles. The van der Waals surface area contributed by atoms with Crippen LogP contribution in [-0.4, -0.2) is 27.0 Å². The Bertz CT molecular complexity index is 1040. The largest absolute Gasteiger partial charge is 0.482 e. The number of amides is 1. The summed E-state index contributed by atoms with van der Waals surface area (Å²) in [4.78, 5) is 11.9. The SMILES string of the molecule is CC(C)NS(=O)(=O)c1ccc(OCC(=O)Nc2cc(C(F)(F)F)ccc2Cl)c(Cl)c1. The molecule has 12 heteroatoms. The van der Waals surface area contributed by atoms with Crippen molar-refractivity contribution in [2.75, 3.05) is 11.9 Å². The third-order valence-electron chi connectivity index (χ3n) is 3.53. The lowest BCUT2D eigenvalue weighted by atomic mass is 10.2. The normalized spacial score (nSPS) is 12.1. The number of halogens is 5. The second-order valence-electron chi connectivity index (χ2n) is 6.40. The van der Waals surface area contributed by atoms with E-state index in [1.165, 1.54) is 12.1 Å². The van der Waals surface area contributed by atoms with Gasteiger partial charge in [0.15, 0.2) is 6.61 Å². The molecule has 2 aromatic rings. The summed E-state index contributed by atoms with van der Waals surface area (Å²) >= 11 is 11.8. The van der Waals surface area contributed by atoms with Gasteiger partial charge in [0, 0.05) is 6.04 Å². The molecule has 0 atom stereocenters. The van der Waals surface area contributed by atoms with E-state index >= 15 is 0 Å². The van der Waals surface area contributed by atoms with Crippen molar-refractivity contribution >= 4 is 44.8 Å². The molecule has 30 heavy (non-hydrogen) atoms. The van der Waals surface area contributed by atoms with Gasteiger partial charge < -0.3 is 10.1 Å². The number of anilines is 1. The van der Waals surface area contributed by atoms with E-state index in [0.717, 1.165) is 18.2 Å². The van der Waals surface area contributed by atoms with Gasteiger partial charge in [-0.3, -0.25) is 4.79 Å². The quantitative estimate of drug-likeness (QED) is 0.595. The first-order valence-electron chi connectivity index (χ1n) is 8.41. The monoisotopic (exact) mass is 484 g/mol. The number of nitrogens with one attached hydrogen (secondary N) is 2. The Labute approximate surface area is 181 Å².